The number of halogens is 1. The van der Waals surface area contributed by atoms with Gasteiger partial charge in [0.05, 0.1) is 0 Å². The van der Waals surface area contributed by atoms with E-state index in [1.165, 1.54) is 4.90 Å². The van der Waals surface area contributed by atoms with E-state index in [4.69, 9.17) is 16.7 Å². The predicted molar refractivity (Wildman–Crippen MR) is 76.7 cm³/mol. The minimum Gasteiger partial charge on any atom is -0.480 e. The molecule has 1 fully saturated rings. The molecule has 0 aliphatic heterocycles. The first kappa shape index (κ1) is 14.9. The van der Waals surface area contributed by atoms with E-state index in [9.17, 15) is 9.59 Å². The van der Waals surface area contributed by atoms with Gasteiger partial charge in [0.1, 0.15) is 6.54 Å². The molecule has 1 aliphatic rings. The van der Waals surface area contributed by atoms with Crippen LogP contribution in [-0.4, -0.2) is 35.0 Å². The number of carboxylic acid groups (broad SMARTS) is 1. The molecule has 0 unspecified atom stereocenters. The summed E-state index contributed by atoms with van der Waals surface area (Å²) in [5, 5.41) is 9.53. The molecule has 0 heterocycles. The fourth-order valence-electron chi connectivity index (χ4n) is 2.13. The molecule has 1 aromatic carbocycles. The molecule has 1 amide bonds. The molecular formula is C15H18ClNO3. The van der Waals surface area contributed by atoms with E-state index in [1.54, 1.807) is 6.07 Å². The van der Waals surface area contributed by atoms with Gasteiger partial charge >= 0.3 is 5.97 Å². The Bertz CT molecular complexity index is 500. The van der Waals surface area contributed by atoms with E-state index >= 15 is 0 Å². The average molecular weight is 296 g/mol. The fourth-order valence-corrected chi connectivity index (χ4v) is 2.36. The van der Waals surface area contributed by atoms with Gasteiger partial charge in [0, 0.05) is 18.0 Å². The Kier molecular flexibility index (Phi) is 5.01. The monoisotopic (exact) mass is 295 g/mol. The van der Waals surface area contributed by atoms with Crippen LogP contribution in [0.1, 0.15) is 24.8 Å². The van der Waals surface area contributed by atoms with E-state index in [0.29, 0.717) is 30.3 Å². The predicted octanol–water partition coefficient (Wildman–Crippen LogP) is 2.60. The van der Waals surface area contributed by atoms with Crippen LogP contribution < -0.4 is 0 Å². The number of rotatable bonds is 7. The number of hydrogen-bond acceptors (Lipinski definition) is 2. The van der Waals surface area contributed by atoms with Gasteiger partial charge in [-0.1, -0.05) is 29.8 Å². The second-order valence-corrected chi connectivity index (χ2v) is 5.61. The third kappa shape index (κ3) is 4.53. The molecule has 0 radical (unpaired) electrons. The maximum atomic E-state index is 12.1. The number of carboxylic acids is 1. The maximum absolute atomic E-state index is 12.1. The zero-order valence-electron chi connectivity index (χ0n) is 11.2. The van der Waals surface area contributed by atoms with Gasteiger partial charge in [-0.05, 0) is 36.8 Å². The highest BCUT2D eigenvalue weighted by atomic mass is 35.5. The topological polar surface area (TPSA) is 57.6 Å². The van der Waals surface area contributed by atoms with Crippen LogP contribution in [-0.2, 0) is 16.0 Å². The van der Waals surface area contributed by atoms with E-state index in [0.717, 1.165) is 18.4 Å². The second kappa shape index (κ2) is 6.75. The molecule has 108 valence electrons. The summed E-state index contributed by atoms with van der Waals surface area (Å²) < 4.78 is 0. The number of carbonyl (C=O) groups is 2. The van der Waals surface area contributed by atoms with Crippen molar-refractivity contribution in [3.63, 3.8) is 0 Å². The summed E-state index contributed by atoms with van der Waals surface area (Å²) in [5.41, 5.74) is 0.921. The Morgan fingerprint density at radius 1 is 1.30 bits per heavy atom. The van der Waals surface area contributed by atoms with Gasteiger partial charge in [-0.2, -0.15) is 0 Å². The first-order chi connectivity index (χ1) is 9.56. The molecule has 0 aromatic heterocycles. The van der Waals surface area contributed by atoms with Crippen LogP contribution in [0.15, 0.2) is 24.3 Å². The summed E-state index contributed by atoms with van der Waals surface area (Å²) in [7, 11) is 0. The molecule has 0 saturated heterocycles. The number of aliphatic carboxylic acids is 1. The number of nitrogens with zero attached hydrogens (tertiary/aromatic N) is 1. The Morgan fingerprint density at radius 2 is 2.00 bits per heavy atom. The lowest BCUT2D eigenvalue weighted by molar-refractivity contribution is -0.144. The quantitative estimate of drug-likeness (QED) is 0.841. The Morgan fingerprint density at radius 3 is 2.60 bits per heavy atom. The largest absolute Gasteiger partial charge is 0.480 e. The van der Waals surface area contributed by atoms with Crippen LogP contribution in [0.5, 0.6) is 0 Å². The van der Waals surface area contributed by atoms with Crippen LogP contribution in [0.25, 0.3) is 0 Å². The molecule has 5 heteroatoms. The number of aryl methyl sites for hydroxylation is 1. The average Bonchev–Trinajstić information content (AvgIpc) is 3.20. The third-order valence-electron chi connectivity index (χ3n) is 3.42. The summed E-state index contributed by atoms with van der Waals surface area (Å²) in [4.78, 5) is 24.4. The van der Waals surface area contributed by atoms with Gasteiger partial charge in [0.2, 0.25) is 5.91 Å². The van der Waals surface area contributed by atoms with Crippen molar-refractivity contribution in [2.75, 3.05) is 13.1 Å². The molecule has 4 nitrogen and oxygen atoms in total. The minimum atomic E-state index is -0.961. The molecule has 0 atom stereocenters. The first-order valence-corrected chi connectivity index (χ1v) is 7.17. The van der Waals surface area contributed by atoms with E-state index in [1.807, 2.05) is 18.2 Å². The van der Waals surface area contributed by atoms with Crippen molar-refractivity contribution in [2.24, 2.45) is 5.92 Å². The second-order valence-electron chi connectivity index (χ2n) is 5.20. The molecule has 0 bridgehead atoms. The van der Waals surface area contributed by atoms with Crippen molar-refractivity contribution in [1.82, 2.24) is 4.90 Å². The summed E-state index contributed by atoms with van der Waals surface area (Å²) in [6.07, 6.45) is 3.02. The minimum absolute atomic E-state index is 0.112. The highest BCUT2D eigenvalue weighted by molar-refractivity contribution is 6.31. The molecule has 1 aliphatic carbocycles. The molecule has 1 saturated carbocycles. The Hall–Kier alpha value is -1.55. The maximum Gasteiger partial charge on any atom is 0.323 e. The van der Waals surface area contributed by atoms with E-state index < -0.39 is 5.97 Å². The number of benzene rings is 1. The SMILES string of the molecule is O=C(O)CN(CC1CC1)C(=O)CCc1ccccc1Cl. The lowest BCUT2D eigenvalue weighted by atomic mass is 10.1. The van der Waals surface area contributed by atoms with Crippen LogP contribution in [0.3, 0.4) is 0 Å². The lowest BCUT2D eigenvalue weighted by Gasteiger charge is -2.20. The normalized spacial score (nSPS) is 14.1. The van der Waals surface area contributed by atoms with Crippen molar-refractivity contribution >= 4 is 23.5 Å². The Labute approximate surface area is 123 Å². The van der Waals surface area contributed by atoms with Crippen LogP contribution in [0, 0.1) is 5.92 Å². The summed E-state index contributed by atoms with van der Waals surface area (Å²) in [6, 6.07) is 7.40. The number of hydrogen-bond donors (Lipinski definition) is 1. The van der Waals surface area contributed by atoms with Gasteiger partial charge in [-0.25, -0.2) is 0 Å². The summed E-state index contributed by atoms with van der Waals surface area (Å²) in [5.74, 6) is -0.588. The molecule has 0 spiro atoms. The number of carbonyl (C=O) groups excluding carboxylic acids is 1. The van der Waals surface area contributed by atoms with Crippen molar-refractivity contribution < 1.29 is 14.7 Å². The van der Waals surface area contributed by atoms with Gasteiger partial charge in [-0.3, -0.25) is 9.59 Å². The summed E-state index contributed by atoms with van der Waals surface area (Å²) >= 11 is 6.05. The lowest BCUT2D eigenvalue weighted by Crippen LogP contribution is -2.37. The molecular weight excluding hydrogens is 278 g/mol. The van der Waals surface area contributed by atoms with Crippen LogP contribution in [0.2, 0.25) is 5.02 Å². The van der Waals surface area contributed by atoms with Crippen molar-refractivity contribution in [2.45, 2.75) is 25.7 Å². The summed E-state index contributed by atoms with van der Waals surface area (Å²) in [6.45, 7) is 0.353. The van der Waals surface area contributed by atoms with Crippen molar-refractivity contribution in [1.29, 1.82) is 0 Å². The zero-order chi connectivity index (χ0) is 14.5. The highest BCUT2D eigenvalue weighted by Crippen LogP contribution is 2.30. The standard InChI is InChI=1S/C15H18ClNO3/c16-13-4-2-1-3-12(13)7-8-14(18)17(10-15(19)20)9-11-5-6-11/h1-4,11H,5-10H2,(H,19,20). The van der Waals surface area contributed by atoms with Crippen LogP contribution >= 0.6 is 11.6 Å². The molecule has 1 aromatic rings. The highest BCUT2D eigenvalue weighted by Gasteiger charge is 2.27. The van der Waals surface area contributed by atoms with Crippen molar-refractivity contribution in [3.05, 3.63) is 34.9 Å². The van der Waals surface area contributed by atoms with Crippen LogP contribution in [0.4, 0.5) is 0 Å². The third-order valence-corrected chi connectivity index (χ3v) is 3.79. The Balaban J connectivity index is 1.90. The molecule has 1 N–H and O–H groups in total. The first-order valence-electron chi connectivity index (χ1n) is 6.79. The van der Waals surface area contributed by atoms with Gasteiger partial charge in [-0.15, -0.1) is 0 Å². The smallest absolute Gasteiger partial charge is 0.323 e. The molecule has 2 rings (SSSR count). The van der Waals surface area contributed by atoms with Gasteiger partial charge in [0.15, 0.2) is 0 Å². The zero-order valence-corrected chi connectivity index (χ0v) is 12.0. The van der Waals surface area contributed by atoms with Crippen molar-refractivity contribution in [3.8, 4) is 0 Å². The van der Waals surface area contributed by atoms with Gasteiger partial charge in [0.25, 0.3) is 0 Å². The fraction of sp³-hybridized carbons (Fsp3) is 0.467. The van der Waals surface area contributed by atoms with E-state index in [2.05, 4.69) is 0 Å². The molecule has 20 heavy (non-hydrogen) atoms. The number of amides is 1. The van der Waals surface area contributed by atoms with Gasteiger partial charge < -0.3 is 10.0 Å². The van der Waals surface area contributed by atoms with E-state index in [-0.39, 0.29) is 12.5 Å².